The van der Waals surface area contributed by atoms with E-state index in [2.05, 4.69) is 20.0 Å². The molecule has 0 bridgehead atoms. The van der Waals surface area contributed by atoms with Gasteiger partial charge in [0.15, 0.2) is 0 Å². The highest BCUT2D eigenvalue weighted by Crippen LogP contribution is 2.13. The summed E-state index contributed by atoms with van der Waals surface area (Å²) in [4.78, 5) is 8.44. The molecule has 1 rings (SSSR count). The van der Waals surface area contributed by atoms with Crippen molar-refractivity contribution in [1.82, 2.24) is 14.7 Å². The van der Waals surface area contributed by atoms with Gasteiger partial charge in [-0.1, -0.05) is 0 Å². The van der Waals surface area contributed by atoms with E-state index < -0.39 is 15.6 Å². The average Bonchev–Trinajstić information content (AvgIpc) is 2.23. The van der Waals surface area contributed by atoms with Crippen LogP contribution in [0.3, 0.4) is 0 Å². The van der Waals surface area contributed by atoms with Gasteiger partial charge in [-0.25, -0.2) is 18.1 Å². The Kier molecular flexibility index (Phi) is 5.29. The van der Waals surface area contributed by atoms with E-state index in [1.165, 1.54) is 0 Å². The third kappa shape index (κ3) is 6.16. The minimum atomic E-state index is -3.27. The van der Waals surface area contributed by atoms with Crippen LogP contribution >= 0.6 is 0 Å². The first-order valence-corrected chi connectivity index (χ1v) is 8.22. The Morgan fingerprint density at radius 2 is 2.00 bits per heavy atom. The zero-order valence-electron chi connectivity index (χ0n) is 12.5. The first-order valence-electron chi connectivity index (χ1n) is 6.32. The average molecular weight is 302 g/mol. The molecule has 7 nitrogen and oxygen atoms in total. The first kappa shape index (κ1) is 16.6. The maximum absolute atomic E-state index is 11.3. The summed E-state index contributed by atoms with van der Waals surface area (Å²) in [6.07, 6.45) is 1.13. The zero-order valence-corrected chi connectivity index (χ0v) is 13.3. The number of ether oxygens (including phenoxy) is 1. The standard InChI is InChI=1S/C12H22N4O3S/c1-6-19-10-7-9(2)14-11(15-10)13-8-12(3,4)16-20(5,17)18/h7,16H,6,8H2,1-5H3,(H,13,14,15). The topological polar surface area (TPSA) is 93.2 Å². The van der Waals surface area contributed by atoms with Crippen LogP contribution in [0.25, 0.3) is 0 Å². The van der Waals surface area contributed by atoms with E-state index in [0.29, 0.717) is 25.0 Å². The fourth-order valence-corrected chi connectivity index (χ4v) is 2.75. The Balaban J connectivity index is 2.74. The summed E-state index contributed by atoms with van der Waals surface area (Å²) in [6.45, 7) is 8.16. The molecule has 0 aliphatic rings. The summed E-state index contributed by atoms with van der Waals surface area (Å²) >= 11 is 0. The number of nitrogens with one attached hydrogen (secondary N) is 2. The minimum Gasteiger partial charge on any atom is -0.478 e. The normalized spacial score (nSPS) is 12.2. The van der Waals surface area contributed by atoms with Crippen LogP contribution in [0.2, 0.25) is 0 Å². The van der Waals surface area contributed by atoms with Crippen molar-refractivity contribution in [3.05, 3.63) is 11.8 Å². The minimum absolute atomic E-state index is 0.356. The molecule has 1 aromatic heterocycles. The largest absolute Gasteiger partial charge is 0.478 e. The van der Waals surface area contributed by atoms with E-state index in [-0.39, 0.29) is 0 Å². The van der Waals surface area contributed by atoms with Crippen LogP contribution in [0.4, 0.5) is 5.95 Å². The van der Waals surface area contributed by atoms with Gasteiger partial charge in [0.05, 0.1) is 12.9 Å². The molecule has 1 aromatic rings. The molecule has 0 radical (unpaired) electrons. The van der Waals surface area contributed by atoms with Gasteiger partial charge in [0.1, 0.15) is 0 Å². The number of sulfonamides is 1. The molecule has 0 saturated carbocycles. The Bertz CT molecular complexity index is 558. The van der Waals surface area contributed by atoms with Gasteiger partial charge in [0.25, 0.3) is 0 Å². The number of aryl methyl sites for hydroxylation is 1. The summed E-state index contributed by atoms with van der Waals surface area (Å²) in [5.41, 5.74) is 0.131. The van der Waals surface area contributed by atoms with Crippen LogP contribution in [0.5, 0.6) is 5.88 Å². The van der Waals surface area contributed by atoms with Crippen LogP contribution in [0.15, 0.2) is 6.07 Å². The Hall–Kier alpha value is -1.41. The lowest BCUT2D eigenvalue weighted by Crippen LogP contribution is -2.47. The molecule has 0 atom stereocenters. The van der Waals surface area contributed by atoms with Gasteiger partial charge in [-0.3, -0.25) is 0 Å². The third-order valence-corrected chi connectivity index (χ3v) is 3.20. The summed E-state index contributed by atoms with van der Waals surface area (Å²) in [5, 5.41) is 3.02. The number of aromatic nitrogens is 2. The summed E-state index contributed by atoms with van der Waals surface area (Å²) in [7, 11) is -3.27. The zero-order chi connectivity index (χ0) is 15.4. The lowest BCUT2D eigenvalue weighted by molar-refractivity contribution is 0.326. The predicted molar refractivity (Wildman–Crippen MR) is 78.5 cm³/mol. The van der Waals surface area contributed by atoms with Crippen molar-refractivity contribution in [3.63, 3.8) is 0 Å². The van der Waals surface area contributed by atoms with Crippen LogP contribution in [0.1, 0.15) is 26.5 Å². The van der Waals surface area contributed by atoms with Crippen LogP contribution in [-0.4, -0.2) is 43.3 Å². The summed E-state index contributed by atoms with van der Waals surface area (Å²) < 4.78 is 30.4. The Morgan fingerprint density at radius 3 is 2.55 bits per heavy atom. The van der Waals surface area contributed by atoms with Gasteiger partial charge >= 0.3 is 0 Å². The molecule has 0 aliphatic carbocycles. The second kappa shape index (κ2) is 6.36. The molecule has 0 saturated heterocycles. The van der Waals surface area contributed by atoms with E-state index in [4.69, 9.17) is 4.74 Å². The van der Waals surface area contributed by atoms with Crippen molar-refractivity contribution in [2.45, 2.75) is 33.2 Å². The molecule has 0 fully saturated rings. The molecule has 0 aliphatic heterocycles. The molecule has 8 heteroatoms. The molecule has 0 aromatic carbocycles. The van der Waals surface area contributed by atoms with Crippen molar-refractivity contribution in [3.8, 4) is 5.88 Å². The van der Waals surface area contributed by atoms with E-state index in [1.807, 2.05) is 13.8 Å². The van der Waals surface area contributed by atoms with Crippen molar-refractivity contribution in [1.29, 1.82) is 0 Å². The van der Waals surface area contributed by atoms with E-state index in [9.17, 15) is 8.42 Å². The molecular formula is C12H22N4O3S. The van der Waals surface area contributed by atoms with Crippen LogP contribution < -0.4 is 14.8 Å². The van der Waals surface area contributed by atoms with Gasteiger partial charge in [-0.2, -0.15) is 4.98 Å². The monoisotopic (exact) mass is 302 g/mol. The Labute approximate surface area is 120 Å². The number of hydrogen-bond donors (Lipinski definition) is 2. The van der Waals surface area contributed by atoms with Crippen molar-refractivity contribution in [2.24, 2.45) is 0 Å². The van der Waals surface area contributed by atoms with Crippen LogP contribution in [-0.2, 0) is 10.0 Å². The lowest BCUT2D eigenvalue weighted by atomic mass is 10.1. The lowest BCUT2D eigenvalue weighted by Gasteiger charge is -2.25. The first-order chi connectivity index (χ1) is 9.11. The van der Waals surface area contributed by atoms with Gasteiger partial charge < -0.3 is 10.1 Å². The number of nitrogens with zero attached hydrogens (tertiary/aromatic N) is 2. The molecule has 20 heavy (non-hydrogen) atoms. The summed E-state index contributed by atoms with van der Waals surface area (Å²) in [6, 6.07) is 1.74. The molecule has 2 N–H and O–H groups in total. The van der Waals surface area contributed by atoms with Crippen molar-refractivity contribution < 1.29 is 13.2 Å². The highest BCUT2D eigenvalue weighted by molar-refractivity contribution is 7.88. The quantitative estimate of drug-likeness (QED) is 0.778. The maximum atomic E-state index is 11.3. The van der Waals surface area contributed by atoms with Crippen molar-refractivity contribution >= 4 is 16.0 Å². The van der Waals surface area contributed by atoms with Gasteiger partial charge in [-0.15, -0.1) is 0 Å². The van der Waals surface area contributed by atoms with Gasteiger partial charge in [-0.05, 0) is 27.7 Å². The molecular weight excluding hydrogens is 280 g/mol. The molecule has 1 heterocycles. The third-order valence-electron chi connectivity index (χ3n) is 2.27. The molecule has 0 unspecified atom stereocenters. The fourth-order valence-electron chi connectivity index (χ4n) is 1.68. The molecule has 0 spiro atoms. The number of hydrogen-bond acceptors (Lipinski definition) is 6. The molecule has 0 amide bonds. The second-order valence-electron chi connectivity index (χ2n) is 5.22. The predicted octanol–water partition coefficient (Wildman–Crippen LogP) is 0.923. The summed E-state index contributed by atoms with van der Waals surface area (Å²) in [5.74, 6) is 0.910. The van der Waals surface area contributed by atoms with Gasteiger partial charge in [0, 0.05) is 23.8 Å². The highest BCUT2D eigenvalue weighted by Gasteiger charge is 2.22. The van der Waals surface area contributed by atoms with E-state index in [0.717, 1.165) is 11.9 Å². The smallest absolute Gasteiger partial charge is 0.226 e. The number of rotatable bonds is 7. The van der Waals surface area contributed by atoms with Crippen LogP contribution in [0, 0.1) is 6.92 Å². The highest BCUT2D eigenvalue weighted by atomic mass is 32.2. The molecule has 114 valence electrons. The SMILES string of the molecule is CCOc1cc(C)nc(NCC(C)(C)NS(C)(=O)=O)n1. The Morgan fingerprint density at radius 1 is 1.35 bits per heavy atom. The van der Waals surface area contributed by atoms with Crippen molar-refractivity contribution in [2.75, 3.05) is 24.7 Å². The number of anilines is 1. The van der Waals surface area contributed by atoms with E-state index in [1.54, 1.807) is 19.9 Å². The van der Waals surface area contributed by atoms with E-state index >= 15 is 0 Å². The van der Waals surface area contributed by atoms with Gasteiger partial charge in [0.2, 0.25) is 21.9 Å². The fraction of sp³-hybridized carbons (Fsp3) is 0.667. The second-order valence-corrected chi connectivity index (χ2v) is 6.96. The maximum Gasteiger partial charge on any atom is 0.226 e.